The van der Waals surface area contributed by atoms with E-state index in [1.54, 1.807) is 18.5 Å². The van der Waals surface area contributed by atoms with Crippen LogP contribution in [0.1, 0.15) is 32.9 Å². The van der Waals surface area contributed by atoms with Gasteiger partial charge in [-0.3, -0.25) is 4.68 Å². The molecule has 1 aromatic rings. The van der Waals surface area contributed by atoms with E-state index in [-0.39, 0.29) is 0 Å². The van der Waals surface area contributed by atoms with Crippen LogP contribution in [0.3, 0.4) is 0 Å². The van der Waals surface area contributed by atoms with Gasteiger partial charge in [0.05, 0.1) is 17.0 Å². The highest BCUT2D eigenvalue weighted by atomic mass is 16.3. The molecule has 0 fully saturated rings. The second-order valence-electron chi connectivity index (χ2n) is 5.23. The minimum absolute atomic E-state index is 0.516. The summed E-state index contributed by atoms with van der Waals surface area (Å²) in [6.07, 6.45) is 1.91. The van der Waals surface area contributed by atoms with E-state index >= 15 is 0 Å². The van der Waals surface area contributed by atoms with E-state index in [1.807, 2.05) is 19.0 Å². The Bertz CT molecular complexity index is 379. The predicted octanol–water partition coefficient (Wildman–Crippen LogP) is 1.16. The number of aromatic nitrogens is 2. The van der Waals surface area contributed by atoms with Gasteiger partial charge in [0.2, 0.25) is 0 Å². The van der Waals surface area contributed by atoms with E-state index in [2.05, 4.69) is 12.0 Å². The van der Waals surface area contributed by atoms with Crippen molar-refractivity contribution in [1.82, 2.24) is 9.78 Å². The van der Waals surface area contributed by atoms with E-state index in [1.165, 1.54) is 0 Å². The molecule has 98 valence electrons. The van der Waals surface area contributed by atoms with Crippen LogP contribution in [0.25, 0.3) is 0 Å². The fourth-order valence-electron chi connectivity index (χ4n) is 2.12. The van der Waals surface area contributed by atoms with E-state index < -0.39 is 5.60 Å². The van der Waals surface area contributed by atoms with Gasteiger partial charge in [-0.25, -0.2) is 0 Å². The molecule has 0 aromatic carbocycles. The van der Waals surface area contributed by atoms with Crippen molar-refractivity contribution >= 4 is 11.5 Å². The predicted molar refractivity (Wildman–Crippen MR) is 71.2 cm³/mol. The summed E-state index contributed by atoms with van der Waals surface area (Å²) in [4.78, 5) is 1.95. The Labute approximate surface area is 103 Å². The SMILES string of the molecule is CCCc1nn(C)c(N(C)CC(C)(C)O)c1N. The van der Waals surface area contributed by atoms with Crippen LogP contribution in [-0.2, 0) is 13.5 Å². The zero-order valence-corrected chi connectivity index (χ0v) is 11.5. The first-order valence-corrected chi connectivity index (χ1v) is 6.01. The fraction of sp³-hybridized carbons (Fsp3) is 0.750. The van der Waals surface area contributed by atoms with Crippen molar-refractivity contribution in [1.29, 1.82) is 0 Å². The van der Waals surface area contributed by atoms with Crippen molar-refractivity contribution in [2.24, 2.45) is 7.05 Å². The quantitative estimate of drug-likeness (QED) is 0.810. The van der Waals surface area contributed by atoms with Gasteiger partial charge < -0.3 is 15.7 Å². The van der Waals surface area contributed by atoms with Crippen LogP contribution in [0, 0.1) is 0 Å². The zero-order chi connectivity index (χ0) is 13.2. The van der Waals surface area contributed by atoms with Gasteiger partial charge in [-0.05, 0) is 20.3 Å². The van der Waals surface area contributed by atoms with Crippen molar-refractivity contribution in [2.45, 2.75) is 39.2 Å². The van der Waals surface area contributed by atoms with Gasteiger partial charge in [-0.1, -0.05) is 13.3 Å². The van der Waals surface area contributed by atoms with Crippen LogP contribution >= 0.6 is 0 Å². The molecule has 0 amide bonds. The average Bonchev–Trinajstić information content (AvgIpc) is 2.39. The third-order valence-electron chi connectivity index (χ3n) is 2.60. The van der Waals surface area contributed by atoms with Crippen LogP contribution in [0.15, 0.2) is 0 Å². The van der Waals surface area contributed by atoms with Gasteiger partial charge in [-0.15, -0.1) is 0 Å². The summed E-state index contributed by atoms with van der Waals surface area (Å²) in [5.74, 6) is 0.871. The average molecular weight is 240 g/mol. The van der Waals surface area contributed by atoms with Gasteiger partial charge in [0.1, 0.15) is 5.82 Å². The highest BCUT2D eigenvalue weighted by Crippen LogP contribution is 2.27. The number of hydrogen-bond acceptors (Lipinski definition) is 4. The summed E-state index contributed by atoms with van der Waals surface area (Å²) in [5.41, 5.74) is 7.01. The monoisotopic (exact) mass is 240 g/mol. The van der Waals surface area contributed by atoms with Crippen molar-refractivity contribution in [3.63, 3.8) is 0 Å². The van der Waals surface area contributed by atoms with Crippen LogP contribution in [-0.4, -0.2) is 34.1 Å². The summed E-state index contributed by atoms with van der Waals surface area (Å²) < 4.78 is 1.78. The van der Waals surface area contributed by atoms with Gasteiger partial charge >= 0.3 is 0 Å². The van der Waals surface area contributed by atoms with Gasteiger partial charge in [0, 0.05) is 20.6 Å². The van der Waals surface area contributed by atoms with Crippen LogP contribution in [0.2, 0.25) is 0 Å². The number of nitrogen functional groups attached to an aromatic ring is 1. The second-order valence-corrected chi connectivity index (χ2v) is 5.23. The van der Waals surface area contributed by atoms with Gasteiger partial charge in [0.25, 0.3) is 0 Å². The molecule has 0 atom stereocenters. The summed E-state index contributed by atoms with van der Waals surface area (Å²) in [5, 5.41) is 14.2. The molecule has 0 aliphatic heterocycles. The number of hydrogen-bond donors (Lipinski definition) is 2. The Morgan fingerprint density at radius 1 is 1.47 bits per heavy atom. The minimum Gasteiger partial charge on any atom is -0.394 e. The molecule has 0 aliphatic carbocycles. The van der Waals surface area contributed by atoms with Crippen molar-refractivity contribution in [3.05, 3.63) is 5.69 Å². The lowest BCUT2D eigenvalue weighted by molar-refractivity contribution is 0.0883. The molecule has 0 unspecified atom stereocenters. The molecule has 1 heterocycles. The Morgan fingerprint density at radius 3 is 2.53 bits per heavy atom. The van der Waals surface area contributed by atoms with E-state index in [9.17, 15) is 5.11 Å². The Morgan fingerprint density at radius 2 is 2.06 bits per heavy atom. The van der Waals surface area contributed by atoms with Crippen LogP contribution < -0.4 is 10.6 Å². The maximum absolute atomic E-state index is 9.83. The first-order valence-electron chi connectivity index (χ1n) is 6.01. The molecular formula is C12H24N4O. The normalized spacial score (nSPS) is 11.9. The molecule has 5 heteroatoms. The molecule has 0 bridgehead atoms. The number of aryl methyl sites for hydroxylation is 2. The topological polar surface area (TPSA) is 67.3 Å². The van der Waals surface area contributed by atoms with Gasteiger partial charge in [0.15, 0.2) is 0 Å². The molecule has 0 spiro atoms. The fourth-order valence-corrected chi connectivity index (χ4v) is 2.12. The summed E-state index contributed by atoms with van der Waals surface area (Å²) in [6.45, 7) is 6.18. The summed E-state index contributed by atoms with van der Waals surface area (Å²) in [7, 11) is 3.80. The lowest BCUT2D eigenvalue weighted by Crippen LogP contribution is -2.37. The molecule has 3 N–H and O–H groups in total. The number of anilines is 2. The molecule has 5 nitrogen and oxygen atoms in total. The lowest BCUT2D eigenvalue weighted by atomic mass is 10.1. The number of rotatable bonds is 5. The largest absolute Gasteiger partial charge is 0.394 e. The smallest absolute Gasteiger partial charge is 0.150 e. The van der Waals surface area contributed by atoms with E-state index in [0.717, 1.165) is 30.0 Å². The van der Waals surface area contributed by atoms with Crippen LogP contribution in [0.5, 0.6) is 0 Å². The van der Waals surface area contributed by atoms with Crippen molar-refractivity contribution < 1.29 is 5.11 Å². The highest BCUT2D eigenvalue weighted by Gasteiger charge is 2.21. The third kappa shape index (κ3) is 3.36. The summed E-state index contributed by atoms with van der Waals surface area (Å²) >= 11 is 0. The first kappa shape index (κ1) is 13.8. The highest BCUT2D eigenvalue weighted by molar-refractivity contribution is 5.66. The van der Waals surface area contributed by atoms with Crippen molar-refractivity contribution in [3.8, 4) is 0 Å². The second kappa shape index (κ2) is 4.96. The standard InChI is InChI=1S/C12H24N4O/c1-6-7-9-10(13)11(16(5)14-9)15(4)8-12(2,3)17/h17H,6-8,13H2,1-5H3. The number of nitrogens with two attached hydrogens (primary N) is 1. The number of aliphatic hydroxyl groups is 1. The Hall–Kier alpha value is -1.23. The maximum atomic E-state index is 9.83. The Kier molecular flexibility index (Phi) is 4.03. The first-order chi connectivity index (χ1) is 7.76. The number of nitrogens with zero attached hydrogens (tertiary/aromatic N) is 3. The molecule has 0 saturated heterocycles. The minimum atomic E-state index is -0.754. The summed E-state index contributed by atoms with van der Waals surface area (Å²) in [6, 6.07) is 0. The van der Waals surface area contributed by atoms with Crippen molar-refractivity contribution in [2.75, 3.05) is 24.2 Å². The Balaban J connectivity index is 2.97. The zero-order valence-electron chi connectivity index (χ0n) is 11.5. The molecule has 0 radical (unpaired) electrons. The molecule has 17 heavy (non-hydrogen) atoms. The number of likely N-dealkylation sites (N-methyl/N-ethyl adjacent to an activating group) is 1. The van der Waals surface area contributed by atoms with E-state index in [4.69, 9.17) is 5.73 Å². The van der Waals surface area contributed by atoms with Gasteiger partial charge in [-0.2, -0.15) is 5.10 Å². The molecule has 1 aromatic heterocycles. The van der Waals surface area contributed by atoms with E-state index in [0.29, 0.717) is 6.54 Å². The molecule has 1 rings (SSSR count). The molecule has 0 aliphatic rings. The maximum Gasteiger partial charge on any atom is 0.150 e. The molecular weight excluding hydrogens is 216 g/mol. The third-order valence-corrected chi connectivity index (χ3v) is 2.60. The molecule has 0 saturated carbocycles. The van der Waals surface area contributed by atoms with Crippen LogP contribution in [0.4, 0.5) is 11.5 Å². The lowest BCUT2D eigenvalue weighted by Gasteiger charge is -2.27.